The number of hydrogen-bond donors (Lipinski definition) is 0. The zero-order valence-corrected chi connectivity index (χ0v) is 21.8. The summed E-state index contributed by atoms with van der Waals surface area (Å²) < 4.78 is 309. The Morgan fingerprint density at radius 3 is 0.958 bits per heavy atom. The largest absolute Gasteiger partial charge is 0.460 e. The number of carbonyl (C=O) groups excluding carboxylic acids is 2. The van der Waals surface area contributed by atoms with Crippen molar-refractivity contribution < 1.29 is 106 Å². The van der Waals surface area contributed by atoms with Crippen molar-refractivity contribution in [1.82, 2.24) is 0 Å². The summed E-state index contributed by atoms with van der Waals surface area (Å²) >= 11 is 0. The van der Waals surface area contributed by atoms with Gasteiger partial charge in [0, 0.05) is 11.1 Å². The Hall–Kier alpha value is -3.76. The third kappa shape index (κ3) is 5.23. The van der Waals surface area contributed by atoms with E-state index in [1.54, 1.807) is 0 Å². The summed E-state index contributed by atoms with van der Waals surface area (Å²) in [7, 11) is 0. The fourth-order valence-corrected chi connectivity index (χ4v) is 3.61. The number of Topliss-reactive ketones (excluding diaryl/α,β-unsaturated/α-hetero) is 2. The van der Waals surface area contributed by atoms with Gasteiger partial charge in [0.25, 0.3) is 0 Å². The summed E-state index contributed by atoms with van der Waals surface area (Å²) in [5, 5.41) is 0. The molecule has 0 aliphatic heterocycles. The van der Waals surface area contributed by atoms with E-state index >= 15 is 22.0 Å². The van der Waals surface area contributed by atoms with Gasteiger partial charge in [-0.2, -0.15) is 83.4 Å². The van der Waals surface area contributed by atoms with Gasteiger partial charge >= 0.3 is 59.2 Å². The highest BCUT2D eigenvalue weighted by Crippen LogP contribution is 2.66. The van der Waals surface area contributed by atoms with E-state index in [1.165, 1.54) is 0 Å². The molecule has 0 aliphatic carbocycles. The van der Waals surface area contributed by atoms with Crippen LogP contribution in [0.3, 0.4) is 0 Å². The molecule has 0 heterocycles. The second-order valence-corrected chi connectivity index (χ2v) is 9.42. The molecule has 48 heavy (non-hydrogen) atoms. The normalized spacial score (nSPS) is 16.0. The molecule has 0 saturated carbocycles. The smallest absolute Gasteiger partial charge is 0.290 e. The second kappa shape index (κ2) is 11.4. The lowest BCUT2D eigenvalue weighted by Gasteiger charge is -2.46. The van der Waals surface area contributed by atoms with E-state index in [0.717, 1.165) is 0 Å². The lowest BCUT2D eigenvalue weighted by Crippen LogP contribution is -2.80. The number of benzene rings is 2. The van der Waals surface area contributed by atoms with Gasteiger partial charge in [0.15, 0.2) is 0 Å². The molecule has 0 aliphatic rings. The maximum atomic E-state index is 15.8. The molecule has 0 N–H and O–H groups in total. The quantitative estimate of drug-likeness (QED) is 0.160. The summed E-state index contributed by atoms with van der Waals surface area (Å²) in [5.74, 6) is -81.4. The van der Waals surface area contributed by atoms with Crippen LogP contribution in [0, 0.1) is 11.6 Å². The van der Waals surface area contributed by atoms with Crippen molar-refractivity contribution in [2.24, 2.45) is 0 Å². The van der Waals surface area contributed by atoms with Crippen LogP contribution in [-0.2, 0) is 0 Å². The molecule has 270 valence electrons. The highest BCUT2D eigenvalue weighted by atomic mass is 19.4. The van der Waals surface area contributed by atoms with Crippen LogP contribution in [0.5, 0.6) is 0 Å². The van der Waals surface area contributed by atoms with Gasteiger partial charge in [0.2, 0.25) is 11.6 Å². The Bertz CT molecular complexity index is 1520. The van der Waals surface area contributed by atoms with Gasteiger partial charge in [-0.25, -0.2) is 13.2 Å². The maximum Gasteiger partial charge on any atom is 0.460 e. The molecule has 0 bridgehead atoms. The molecule has 0 spiro atoms. The van der Waals surface area contributed by atoms with Gasteiger partial charge in [0.05, 0.1) is 0 Å². The highest BCUT2D eigenvalue weighted by molar-refractivity contribution is 6.05. The number of alkyl halides is 20. The molecule has 24 heteroatoms. The number of hydrogen-bond acceptors (Lipinski definition) is 2. The molecule has 0 amide bonds. The fraction of sp³-hybridized carbons (Fsp3) is 0.417. The first-order valence-electron chi connectivity index (χ1n) is 11.5. The first-order valence-corrected chi connectivity index (χ1v) is 11.5. The highest BCUT2D eigenvalue weighted by Gasteiger charge is 2.98. The van der Waals surface area contributed by atoms with Crippen LogP contribution < -0.4 is 0 Å². The molecule has 2 rings (SSSR count). The van der Waals surface area contributed by atoms with Crippen LogP contribution in [-0.4, -0.2) is 70.8 Å². The van der Waals surface area contributed by atoms with Gasteiger partial charge in [-0.3, -0.25) is 9.59 Å². The zero-order valence-electron chi connectivity index (χ0n) is 21.8. The zero-order chi connectivity index (χ0) is 38.1. The first-order chi connectivity index (χ1) is 21.1. The van der Waals surface area contributed by atoms with E-state index in [-0.39, 0.29) is 36.4 Å². The summed E-state index contributed by atoms with van der Waals surface area (Å²) in [4.78, 5) is 24.4. The van der Waals surface area contributed by atoms with Crippen molar-refractivity contribution in [1.29, 1.82) is 0 Å². The number of ketones is 2. The lowest BCUT2D eigenvalue weighted by molar-refractivity contribution is -0.454. The average molecular weight is 746 g/mol. The molecule has 2 nitrogen and oxygen atoms in total. The van der Waals surface area contributed by atoms with Gasteiger partial charge < -0.3 is 0 Å². The SMILES string of the molecule is O=C(c1ccc(F)cc1)C(F)(F)C(F)(F)C(F)(F)C(F)(C(=O)c1ccc(F)cc1)C(F)(F)C(F)(F)C(F)(F)C(F)(F)C(F)(F)C(F)(F)F. The van der Waals surface area contributed by atoms with E-state index < -0.39 is 106 Å². The van der Waals surface area contributed by atoms with Crippen molar-refractivity contribution in [2.75, 3.05) is 0 Å². The van der Waals surface area contributed by atoms with E-state index in [2.05, 4.69) is 0 Å². The monoisotopic (exact) mass is 746 g/mol. The molecule has 1 atom stereocenters. The third-order valence-corrected chi connectivity index (χ3v) is 6.40. The van der Waals surface area contributed by atoms with Crippen LogP contribution in [0.1, 0.15) is 20.7 Å². The maximum absolute atomic E-state index is 15.8. The molecule has 1 unspecified atom stereocenters. The summed E-state index contributed by atoms with van der Waals surface area (Å²) in [6.45, 7) is 0. The minimum absolute atomic E-state index is 0.0369. The third-order valence-electron chi connectivity index (χ3n) is 6.40. The van der Waals surface area contributed by atoms with E-state index in [4.69, 9.17) is 0 Å². The van der Waals surface area contributed by atoms with Crippen LogP contribution >= 0.6 is 0 Å². The molecular weight excluding hydrogens is 738 g/mol. The first kappa shape index (κ1) is 40.4. The number of rotatable bonds is 12. The van der Waals surface area contributed by atoms with E-state index in [1.807, 2.05) is 0 Å². The predicted molar refractivity (Wildman–Crippen MR) is 111 cm³/mol. The van der Waals surface area contributed by atoms with Crippen molar-refractivity contribution in [3.05, 3.63) is 71.3 Å². The Morgan fingerprint density at radius 2 is 0.625 bits per heavy atom. The molecular formula is C24H8F22O2. The second-order valence-electron chi connectivity index (χ2n) is 9.42. The van der Waals surface area contributed by atoms with Crippen LogP contribution in [0.15, 0.2) is 48.5 Å². The van der Waals surface area contributed by atoms with Crippen LogP contribution in [0.4, 0.5) is 96.6 Å². The van der Waals surface area contributed by atoms with Crippen molar-refractivity contribution in [3.8, 4) is 0 Å². The predicted octanol–water partition coefficient (Wildman–Crippen LogP) is 9.38. The fourth-order valence-electron chi connectivity index (χ4n) is 3.61. The Morgan fingerprint density at radius 1 is 0.354 bits per heavy atom. The molecule has 2 aromatic rings. The summed E-state index contributed by atoms with van der Waals surface area (Å²) in [6.07, 6.45) is -8.11. The minimum atomic E-state index is -9.31. The molecule has 0 fully saturated rings. The number of halogens is 22. The number of carbonyl (C=O) groups is 2. The summed E-state index contributed by atoms with van der Waals surface area (Å²) in [5.41, 5.74) is -13.1. The summed E-state index contributed by atoms with van der Waals surface area (Å²) in [6, 6.07) is -2.35. The molecule has 0 aromatic heterocycles. The Kier molecular flexibility index (Phi) is 9.60. The van der Waals surface area contributed by atoms with Gasteiger partial charge in [-0.15, -0.1) is 0 Å². The Balaban J connectivity index is 3.04. The van der Waals surface area contributed by atoms with E-state index in [9.17, 15) is 84.2 Å². The topological polar surface area (TPSA) is 34.1 Å². The molecule has 2 aromatic carbocycles. The average Bonchev–Trinajstić information content (AvgIpc) is 2.95. The van der Waals surface area contributed by atoms with Crippen molar-refractivity contribution >= 4 is 11.6 Å². The van der Waals surface area contributed by atoms with Gasteiger partial charge in [-0.05, 0) is 48.5 Å². The van der Waals surface area contributed by atoms with Crippen molar-refractivity contribution in [2.45, 2.75) is 59.2 Å². The van der Waals surface area contributed by atoms with Crippen LogP contribution in [0.25, 0.3) is 0 Å². The van der Waals surface area contributed by atoms with Gasteiger partial charge in [-0.1, -0.05) is 0 Å². The van der Waals surface area contributed by atoms with E-state index in [0.29, 0.717) is 0 Å². The minimum Gasteiger partial charge on any atom is -0.290 e. The Labute approximate surface area is 249 Å². The van der Waals surface area contributed by atoms with Crippen molar-refractivity contribution in [3.63, 3.8) is 0 Å². The molecule has 0 saturated heterocycles. The molecule has 0 radical (unpaired) electrons. The lowest BCUT2D eigenvalue weighted by atomic mass is 9.74. The van der Waals surface area contributed by atoms with Gasteiger partial charge in [0.1, 0.15) is 11.6 Å². The standard InChI is InChI=1S/C24H8F22O2/c25-11-5-1-9(2-6-11)13(47)15(27,17(30,31)19(34,35)16(28,29)14(48)10-3-7-12(26)8-4-10)18(32,33)20(36,37)21(38,39)22(40,41)23(42,43)24(44,45)46/h1-8H. The van der Waals surface area contributed by atoms with Crippen LogP contribution in [0.2, 0.25) is 0 Å².